The van der Waals surface area contributed by atoms with Crippen LogP contribution in [-0.2, 0) is 11.5 Å². The van der Waals surface area contributed by atoms with Crippen LogP contribution < -0.4 is 11.2 Å². The highest BCUT2D eigenvalue weighted by atomic mass is 19.1. The largest absolute Gasteiger partial charge is 0.361 e. The molecule has 1 heterocycles. The van der Waals surface area contributed by atoms with Crippen molar-refractivity contribution < 1.29 is 18.7 Å². The third kappa shape index (κ3) is 3.85. The number of carbonyl (C=O) groups excluding carboxylic acids is 2. The van der Waals surface area contributed by atoms with Crippen molar-refractivity contribution in [3.8, 4) is 0 Å². The Hall–Kier alpha value is -2.87. The fraction of sp³-hybridized carbons (Fsp3) is 0.333. The number of ether oxygens (including phenoxy) is 1. The van der Waals surface area contributed by atoms with E-state index in [4.69, 9.17) is 4.74 Å². The molecule has 8 heteroatoms. The molecule has 138 valence electrons. The minimum atomic E-state index is -1.35. The molecule has 0 N–H and O–H groups in total. The summed E-state index contributed by atoms with van der Waals surface area (Å²) in [4.78, 5) is 49.1. The Bertz CT molecular complexity index is 959. The third-order valence-corrected chi connectivity index (χ3v) is 3.67. The van der Waals surface area contributed by atoms with E-state index in [0.29, 0.717) is 6.20 Å². The van der Waals surface area contributed by atoms with E-state index in [-0.39, 0.29) is 40.7 Å². The summed E-state index contributed by atoms with van der Waals surface area (Å²) in [6.45, 7) is 5.06. The zero-order chi connectivity index (χ0) is 19.4. The lowest BCUT2D eigenvalue weighted by molar-refractivity contribution is 0.0797. The Morgan fingerprint density at radius 2 is 1.85 bits per heavy atom. The van der Waals surface area contributed by atoms with Gasteiger partial charge in [0.1, 0.15) is 6.73 Å². The molecule has 1 aromatic carbocycles. The molecule has 1 aromatic heterocycles. The summed E-state index contributed by atoms with van der Waals surface area (Å²) in [6.07, 6.45) is 0.697. The van der Waals surface area contributed by atoms with Crippen LogP contribution in [0.4, 0.5) is 4.39 Å². The van der Waals surface area contributed by atoms with Crippen molar-refractivity contribution in [2.24, 2.45) is 5.92 Å². The maximum Gasteiger partial charge on any atom is 0.340 e. The van der Waals surface area contributed by atoms with Crippen molar-refractivity contribution in [3.05, 3.63) is 68.2 Å². The van der Waals surface area contributed by atoms with Crippen molar-refractivity contribution in [2.45, 2.75) is 27.5 Å². The van der Waals surface area contributed by atoms with Crippen molar-refractivity contribution in [3.63, 3.8) is 0 Å². The van der Waals surface area contributed by atoms with Gasteiger partial charge in [0.15, 0.2) is 5.78 Å². The van der Waals surface area contributed by atoms with Crippen molar-refractivity contribution in [1.29, 1.82) is 0 Å². The number of rotatable bonds is 6. The van der Waals surface area contributed by atoms with Gasteiger partial charge in [0.2, 0.25) is 5.82 Å². The number of hydrogen-bond donors (Lipinski definition) is 0. The molecule has 0 amide bonds. The Labute approximate surface area is 148 Å². The molecular weight excluding hydrogens is 343 g/mol. The molecule has 0 fully saturated rings. The predicted octanol–water partition coefficient (Wildman–Crippen LogP) is 1.67. The van der Waals surface area contributed by atoms with Gasteiger partial charge in [-0.25, -0.2) is 4.79 Å². The van der Waals surface area contributed by atoms with Crippen molar-refractivity contribution in [1.82, 2.24) is 9.13 Å². The van der Waals surface area contributed by atoms with Gasteiger partial charge in [-0.05, 0) is 19.1 Å². The number of halogens is 1. The second-order valence-corrected chi connectivity index (χ2v) is 5.90. The van der Waals surface area contributed by atoms with Crippen LogP contribution in [0.25, 0.3) is 0 Å². The summed E-state index contributed by atoms with van der Waals surface area (Å²) >= 11 is 0. The Kier molecular flexibility index (Phi) is 5.99. The van der Waals surface area contributed by atoms with Crippen LogP contribution in [0.3, 0.4) is 0 Å². The second kappa shape index (κ2) is 8.01. The molecule has 2 rings (SSSR count). The minimum absolute atomic E-state index is 0.0655. The van der Waals surface area contributed by atoms with E-state index >= 15 is 0 Å². The number of nitrogens with zero attached hydrogens (tertiary/aromatic N) is 2. The van der Waals surface area contributed by atoms with Crippen LogP contribution in [0.1, 0.15) is 41.5 Å². The highest BCUT2D eigenvalue weighted by Crippen LogP contribution is 2.11. The standard InChI is InChI=1S/C18H19FN2O5/c1-4-26-10-20-9-14(19)17(24)21(18(20)25)16(23)13-7-5-6-12(8-13)15(22)11(2)3/h5-9,11H,4,10H2,1-3H3. The maximum absolute atomic E-state index is 13.9. The topological polar surface area (TPSA) is 87.4 Å². The molecule has 0 aliphatic carbocycles. The van der Waals surface area contributed by atoms with Crippen LogP contribution in [-0.4, -0.2) is 27.4 Å². The first-order valence-corrected chi connectivity index (χ1v) is 8.06. The van der Waals surface area contributed by atoms with Crippen LogP contribution in [0.5, 0.6) is 0 Å². The van der Waals surface area contributed by atoms with Gasteiger partial charge in [-0.15, -0.1) is 0 Å². The zero-order valence-electron chi connectivity index (χ0n) is 14.7. The molecular formula is C18H19FN2O5. The molecule has 0 radical (unpaired) electrons. The molecule has 0 saturated carbocycles. The van der Waals surface area contributed by atoms with E-state index in [1.165, 1.54) is 24.3 Å². The first-order valence-electron chi connectivity index (χ1n) is 8.06. The summed E-state index contributed by atoms with van der Waals surface area (Å²) < 4.78 is 19.9. The van der Waals surface area contributed by atoms with Crippen LogP contribution >= 0.6 is 0 Å². The van der Waals surface area contributed by atoms with Gasteiger partial charge in [-0.1, -0.05) is 26.0 Å². The Balaban J connectivity index is 2.55. The average Bonchev–Trinajstić information content (AvgIpc) is 2.63. The SMILES string of the molecule is CCOCn1cc(F)c(=O)n(C(=O)c2cccc(C(=O)C(C)C)c2)c1=O. The van der Waals surface area contributed by atoms with E-state index in [2.05, 4.69) is 0 Å². The molecule has 0 bridgehead atoms. The van der Waals surface area contributed by atoms with E-state index in [0.717, 1.165) is 4.57 Å². The van der Waals surface area contributed by atoms with Gasteiger partial charge in [0.25, 0.3) is 11.5 Å². The smallest absolute Gasteiger partial charge is 0.340 e. The van der Waals surface area contributed by atoms with Gasteiger partial charge >= 0.3 is 5.69 Å². The molecule has 0 saturated heterocycles. The van der Waals surface area contributed by atoms with Crippen molar-refractivity contribution in [2.75, 3.05) is 6.61 Å². The lowest BCUT2D eigenvalue weighted by Crippen LogP contribution is -2.45. The Morgan fingerprint density at radius 1 is 1.19 bits per heavy atom. The minimum Gasteiger partial charge on any atom is -0.361 e. The molecule has 0 atom stereocenters. The molecule has 0 unspecified atom stereocenters. The van der Waals surface area contributed by atoms with Crippen LogP contribution in [0.15, 0.2) is 40.1 Å². The highest BCUT2D eigenvalue weighted by Gasteiger charge is 2.20. The number of aromatic nitrogens is 2. The highest BCUT2D eigenvalue weighted by molar-refractivity contribution is 6.01. The maximum atomic E-state index is 13.9. The number of Topliss-reactive ketones (excluding diaryl/α,β-unsaturated/α-hetero) is 1. The van der Waals surface area contributed by atoms with Crippen LogP contribution in [0.2, 0.25) is 0 Å². The van der Waals surface area contributed by atoms with E-state index < -0.39 is 23.0 Å². The van der Waals surface area contributed by atoms with Gasteiger partial charge in [-0.2, -0.15) is 8.96 Å². The molecule has 0 aliphatic heterocycles. The Morgan fingerprint density at radius 3 is 2.46 bits per heavy atom. The predicted molar refractivity (Wildman–Crippen MR) is 91.9 cm³/mol. The summed E-state index contributed by atoms with van der Waals surface area (Å²) in [7, 11) is 0. The summed E-state index contributed by atoms with van der Waals surface area (Å²) in [6, 6.07) is 5.63. The molecule has 2 aromatic rings. The summed E-state index contributed by atoms with van der Waals surface area (Å²) in [5.41, 5.74) is -2.17. The summed E-state index contributed by atoms with van der Waals surface area (Å²) in [5.74, 6) is -2.75. The normalized spacial score (nSPS) is 11.0. The second-order valence-electron chi connectivity index (χ2n) is 5.90. The fourth-order valence-electron chi connectivity index (χ4n) is 2.30. The number of carbonyl (C=O) groups is 2. The molecule has 0 aliphatic rings. The van der Waals surface area contributed by atoms with Gasteiger partial charge in [-0.3, -0.25) is 19.0 Å². The van der Waals surface area contributed by atoms with Gasteiger partial charge in [0.05, 0.1) is 6.20 Å². The molecule has 0 spiro atoms. The first kappa shape index (κ1) is 19.5. The fourth-order valence-corrected chi connectivity index (χ4v) is 2.30. The van der Waals surface area contributed by atoms with E-state index in [1.54, 1.807) is 20.8 Å². The first-order chi connectivity index (χ1) is 12.3. The number of hydrogen-bond acceptors (Lipinski definition) is 5. The third-order valence-electron chi connectivity index (χ3n) is 3.67. The lowest BCUT2D eigenvalue weighted by atomic mass is 9.99. The summed E-state index contributed by atoms with van der Waals surface area (Å²) in [5, 5.41) is 0. The zero-order valence-corrected chi connectivity index (χ0v) is 14.7. The van der Waals surface area contributed by atoms with Gasteiger partial charge in [0, 0.05) is 23.7 Å². The lowest BCUT2D eigenvalue weighted by Gasteiger charge is -2.10. The van der Waals surface area contributed by atoms with E-state index in [1.807, 2.05) is 0 Å². The quantitative estimate of drug-likeness (QED) is 0.730. The van der Waals surface area contributed by atoms with Crippen LogP contribution in [0, 0.1) is 11.7 Å². The molecule has 26 heavy (non-hydrogen) atoms. The number of ketones is 1. The average molecular weight is 362 g/mol. The molecule has 7 nitrogen and oxygen atoms in total. The van der Waals surface area contributed by atoms with Gasteiger partial charge < -0.3 is 4.74 Å². The van der Waals surface area contributed by atoms with E-state index in [9.17, 15) is 23.6 Å². The van der Waals surface area contributed by atoms with Crippen molar-refractivity contribution >= 4 is 11.7 Å². The monoisotopic (exact) mass is 362 g/mol. The number of benzene rings is 1.